The van der Waals surface area contributed by atoms with Gasteiger partial charge < -0.3 is 9.73 Å². The molecular formula is C21H17FN4O4. The average molecular weight is 408 g/mol. The number of halogens is 1. The SMILES string of the molecule is O=C(NNC(=O)c1ccccc1-c1ncc(-c2ccccc2F)o1)C(=O)NC1CC1. The molecule has 0 saturated heterocycles. The highest BCUT2D eigenvalue weighted by Gasteiger charge is 2.26. The molecule has 4 rings (SSSR count). The first-order valence-electron chi connectivity index (χ1n) is 9.24. The van der Waals surface area contributed by atoms with E-state index in [4.69, 9.17) is 4.42 Å². The molecule has 152 valence electrons. The van der Waals surface area contributed by atoms with E-state index >= 15 is 0 Å². The van der Waals surface area contributed by atoms with E-state index in [1.165, 1.54) is 18.3 Å². The Morgan fingerprint density at radius 3 is 2.37 bits per heavy atom. The molecule has 0 aliphatic heterocycles. The molecule has 1 aliphatic carbocycles. The van der Waals surface area contributed by atoms with E-state index in [2.05, 4.69) is 21.2 Å². The van der Waals surface area contributed by atoms with Gasteiger partial charge in [-0.05, 0) is 37.1 Å². The van der Waals surface area contributed by atoms with Gasteiger partial charge in [-0.15, -0.1) is 0 Å². The van der Waals surface area contributed by atoms with Gasteiger partial charge >= 0.3 is 11.8 Å². The number of carbonyl (C=O) groups is 3. The van der Waals surface area contributed by atoms with E-state index in [9.17, 15) is 18.8 Å². The number of hydrogen-bond donors (Lipinski definition) is 3. The van der Waals surface area contributed by atoms with Gasteiger partial charge in [-0.25, -0.2) is 9.37 Å². The molecule has 9 heteroatoms. The monoisotopic (exact) mass is 408 g/mol. The fourth-order valence-corrected chi connectivity index (χ4v) is 2.77. The maximum absolute atomic E-state index is 14.0. The highest BCUT2D eigenvalue weighted by Crippen LogP contribution is 2.29. The summed E-state index contributed by atoms with van der Waals surface area (Å²) in [7, 11) is 0. The largest absolute Gasteiger partial charge is 0.436 e. The van der Waals surface area contributed by atoms with Crippen molar-refractivity contribution in [1.29, 1.82) is 0 Å². The van der Waals surface area contributed by atoms with Crippen LogP contribution >= 0.6 is 0 Å². The first-order chi connectivity index (χ1) is 14.5. The van der Waals surface area contributed by atoms with Gasteiger partial charge in [-0.3, -0.25) is 25.2 Å². The van der Waals surface area contributed by atoms with Crippen molar-refractivity contribution < 1.29 is 23.2 Å². The fourth-order valence-electron chi connectivity index (χ4n) is 2.77. The average Bonchev–Trinajstić information content (AvgIpc) is 3.44. The lowest BCUT2D eigenvalue weighted by Crippen LogP contribution is -2.49. The number of amides is 3. The molecule has 1 saturated carbocycles. The Balaban J connectivity index is 1.50. The standard InChI is InChI=1S/C21H17FN4O4/c22-16-8-4-3-7-15(16)17-11-23-21(30-17)14-6-2-1-5-13(14)18(27)25-26-20(29)19(28)24-12-9-10-12/h1-8,11-12H,9-10H2,(H,24,28)(H,25,27)(H,26,29). The molecule has 1 aliphatic rings. The number of oxazole rings is 1. The van der Waals surface area contributed by atoms with Gasteiger partial charge in [0.15, 0.2) is 5.76 Å². The van der Waals surface area contributed by atoms with Crippen LogP contribution in [0.2, 0.25) is 0 Å². The molecule has 3 aromatic rings. The van der Waals surface area contributed by atoms with E-state index < -0.39 is 23.5 Å². The van der Waals surface area contributed by atoms with E-state index in [0.29, 0.717) is 5.56 Å². The smallest absolute Gasteiger partial charge is 0.327 e. The Labute approximate surface area is 170 Å². The van der Waals surface area contributed by atoms with Crippen molar-refractivity contribution in [3.8, 4) is 22.8 Å². The van der Waals surface area contributed by atoms with E-state index in [-0.39, 0.29) is 28.8 Å². The van der Waals surface area contributed by atoms with Crippen molar-refractivity contribution >= 4 is 17.7 Å². The Kier molecular flexibility index (Phi) is 5.25. The van der Waals surface area contributed by atoms with Crippen molar-refractivity contribution in [2.75, 3.05) is 0 Å². The van der Waals surface area contributed by atoms with Gasteiger partial charge in [-0.1, -0.05) is 24.3 Å². The van der Waals surface area contributed by atoms with Gasteiger partial charge in [0.2, 0.25) is 5.89 Å². The van der Waals surface area contributed by atoms with Gasteiger partial charge in [0, 0.05) is 11.6 Å². The van der Waals surface area contributed by atoms with E-state index in [1.807, 2.05) is 0 Å². The van der Waals surface area contributed by atoms with Crippen LogP contribution in [0.25, 0.3) is 22.8 Å². The van der Waals surface area contributed by atoms with Crippen molar-refractivity contribution in [3.05, 3.63) is 66.1 Å². The molecule has 0 atom stereocenters. The van der Waals surface area contributed by atoms with E-state index in [1.54, 1.807) is 36.4 Å². The van der Waals surface area contributed by atoms with Crippen LogP contribution < -0.4 is 16.2 Å². The second kappa shape index (κ2) is 8.16. The third-order valence-corrected chi connectivity index (χ3v) is 4.46. The summed E-state index contributed by atoms with van der Waals surface area (Å²) in [5, 5.41) is 2.52. The number of hydrogen-bond acceptors (Lipinski definition) is 5. The summed E-state index contributed by atoms with van der Waals surface area (Å²) in [6, 6.07) is 12.5. The van der Waals surface area contributed by atoms with E-state index in [0.717, 1.165) is 12.8 Å². The van der Waals surface area contributed by atoms with Gasteiger partial charge in [0.1, 0.15) is 5.82 Å². The van der Waals surface area contributed by atoms with Crippen LogP contribution in [0.5, 0.6) is 0 Å². The van der Waals surface area contributed by atoms with Crippen molar-refractivity contribution in [1.82, 2.24) is 21.2 Å². The zero-order chi connectivity index (χ0) is 21.1. The maximum Gasteiger partial charge on any atom is 0.327 e. The Morgan fingerprint density at radius 2 is 1.63 bits per heavy atom. The third-order valence-electron chi connectivity index (χ3n) is 4.46. The summed E-state index contributed by atoms with van der Waals surface area (Å²) >= 11 is 0. The molecule has 3 amide bonds. The summed E-state index contributed by atoms with van der Waals surface area (Å²) in [4.78, 5) is 40.1. The molecule has 2 aromatic carbocycles. The molecule has 30 heavy (non-hydrogen) atoms. The van der Waals surface area contributed by atoms with Gasteiger partial charge in [-0.2, -0.15) is 0 Å². The summed E-state index contributed by atoms with van der Waals surface area (Å²) in [6.45, 7) is 0. The lowest BCUT2D eigenvalue weighted by Gasteiger charge is -2.09. The van der Waals surface area contributed by atoms with Crippen LogP contribution in [-0.2, 0) is 9.59 Å². The summed E-state index contributed by atoms with van der Waals surface area (Å²) < 4.78 is 19.7. The maximum atomic E-state index is 14.0. The molecule has 0 spiro atoms. The minimum atomic E-state index is -0.967. The second-order valence-corrected chi connectivity index (χ2v) is 6.71. The molecule has 0 bridgehead atoms. The van der Waals surface area contributed by atoms with Gasteiger partial charge in [0.25, 0.3) is 5.91 Å². The lowest BCUT2D eigenvalue weighted by molar-refractivity contribution is -0.139. The summed E-state index contributed by atoms with van der Waals surface area (Å²) in [5.74, 6) is -2.58. The topological polar surface area (TPSA) is 113 Å². The highest BCUT2D eigenvalue weighted by atomic mass is 19.1. The van der Waals surface area contributed by atoms with Gasteiger partial charge in [0.05, 0.1) is 17.3 Å². The zero-order valence-corrected chi connectivity index (χ0v) is 15.6. The van der Waals surface area contributed by atoms with Crippen LogP contribution in [-0.4, -0.2) is 28.7 Å². The number of hydrazine groups is 1. The Bertz CT molecular complexity index is 1120. The minimum absolute atomic E-state index is 0.0216. The van der Waals surface area contributed by atoms with Crippen LogP contribution in [0.1, 0.15) is 23.2 Å². The number of benzene rings is 2. The van der Waals surface area contributed by atoms with Crippen LogP contribution in [0.3, 0.4) is 0 Å². The Morgan fingerprint density at radius 1 is 0.933 bits per heavy atom. The predicted molar refractivity (Wildman–Crippen MR) is 104 cm³/mol. The molecule has 1 heterocycles. The minimum Gasteiger partial charge on any atom is -0.436 e. The molecule has 0 unspecified atom stereocenters. The first kappa shape index (κ1) is 19.3. The molecule has 8 nitrogen and oxygen atoms in total. The number of carbonyl (C=O) groups excluding carboxylic acids is 3. The number of nitrogens with one attached hydrogen (secondary N) is 3. The highest BCUT2D eigenvalue weighted by molar-refractivity contribution is 6.35. The lowest BCUT2D eigenvalue weighted by atomic mass is 10.1. The molecule has 3 N–H and O–H groups in total. The number of nitrogens with zero attached hydrogens (tertiary/aromatic N) is 1. The Hall–Kier alpha value is -4.01. The quantitative estimate of drug-likeness (QED) is 0.452. The van der Waals surface area contributed by atoms with Crippen LogP contribution in [0, 0.1) is 5.82 Å². The van der Waals surface area contributed by atoms with Crippen molar-refractivity contribution in [2.45, 2.75) is 18.9 Å². The number of aromatic nitrogens is 1. The van der Waals surface area contributed by atoms with Crippen LogP contribution in [0.4, 0.5) is 4.39 Å². The van der Waals surface area contributed by atoms with Crippen molar-refractivity contribution in [2.24, 2.45) is 0 Å². The normalized spacial score (nSPS) is 12.8. The summed E-state index contributed by atoms with van der Waals surface area (Å²) in [6.07, 6.45) is 3.04. The van der Waals surface area contributed by atoms with Crippen LogP contribution in [0.15, 0.2) is 59.1 Å². The molecule has 1 fully saturated rings. The zero-order valence-electron chi connectivity index (χ0n) is 15.6. The summed E-state index contributed by atoms with van der Waals surface area (Å²) in [5.41, 5.74) is 5.02. The number of rotatable bonds is 4. The predicted octanol–water partition coefficient (Wildman–Crippen LogP) is 2.19. The molecule has 1 aromatic heterocycles. The third kappa shape index (κ3) is 4.19. The van der Waals surface area contributed by atoms with Crippen molar-refractivity contribution in [3.63, 3.8) is 0 Å². The second-order valence-electron chi connectivity index (χ2n) is 6.71. The fraction of sp³-hybridized carbons (Fsp3) is 0.143. The molecule has 0 radical (unpaired) electrons. The first-order valence-corrected chi connectivity index (χ1v) is 9.24. The molecular weight excluding hydrogens is 391 g/mol.